The third-order valence-corrected chi connectivity index (χ3v) is 1.13. The fourth-order valence-electron chi connectivity index (χ4n) is 0.504. The van der Waals surface area contributed by atoms with Crippen molar-refractivity contribution in [3.8, 4) is 0 Å². The van der Waals surface area contributed by atoms with Gasteiger partial charge in [-0.25, -0.2) is 4.85 Å². The summed E-state index contributed by atoms with van der Waals surface area (Å²) in [6.07, 6.45) is 0. The highest BCUT2D eigenvalue weighted by molar-refractivity contribution is 5.66. The third kappa shape index (κ3) is 1.82. The van der Waals surface area contributed by atoms with Crippen LogP contribution in [0.1, 0.15) is 6.92 Å². The Morgan fingerprint density at radius 2 is 1.67 bits per heavy atom. The Hall–Kier alpha value is -2.34. The highest BCUT2D eigenvalue weighted by atomic mass is 14.9. The maximum atomic E-state index is 6.69. The molecule has 0 fully saturated rings. The largest absolute Gasteiger partial charge is 0.512 e. The van der Waals surface area contributed by atoms with Crippen molar-refractivity contribution < 1.29 is 0 Å². The number of rotatable bonds is 1. The van der Waals surface area contributed by atoms with Gasteiger partial charge in [0.1, 0.15) is 13.1 Å². The smallest absolute Gasteiger partial charge is 0.271 e. The number of nitrogens with one attached hydrogen (secondary N) is 1. The van der Waals surface area contributed by atoms with E-state index in [2.05, 4.69) is 14.5 Å². The van der Waals surface area contributed by atoms with E-state index in [1.807, 2.05) is 5.87 Å². The second-order valence-electron chi connectivity index (χ2n) is 1.76. The van der Waals surface area contributed by atoms with Crippen LogP contribution in [0, 0.1) is 25.1 Å². The van der Waals surface area contributed by atoms with E-state index >= 15 is 0 Å². The molecule has 4 heteroatoms. The number of nitrogens with zero attached hydrogens (tertiary/aromatic N) is 3. The summed E-state index contributed by atoms with van der Waals surface area (Å²) >= 11 is 0. The predicted molar refractivity (Wildman–Crippen MR) is 43.7 cm³/mol. The molecule has 12 heavy (non-hydrogen) atoms. The van der Waals surface area contributed by atoms with Gasteiger partial charge in [0.15, 0.2) is 0 Å². The fraction of sp³-hybridized carbons (Fsp3) is 0.125. The van der Waals surface area contributed by atoms with E-state index in [4.69, 9.17) is 25.1 Å². The van der Waals surface area contributed by atoms with Crippen molar-refractivity contribution in [3.63, 3.8) is 0 Å². The molecule has 0 rings (SSSR count). The molecule has 0 aliphatic heterocycles. The lowest BCUT2D eigenvalue weighted by Crippen LogP contribution is -1.82. The molecule has 0 saturated heterocycles. The standard InChI is InChI=1S/C8H4N4/c1-6(7(5-9)10-2)8(11-3)12-4/h9H,1H3. The second-order valence-corrected chi connectivity index (χ2v) is 1.76. The molecule has 0 heterocycles. The van der Waals surface area contributed by atoms with Gasteiger partial charge in [-0.2, -0.15) is 9.69 Å². The van der Waals surface area contributed by atoms with Gasteiger partial charge < -0.3 is 0 Å². The first-order chi connectivity index (χ1) is 5.71. The molecule has 4 nitrogen and oxygen atoms in total. The lowest BCUT2D eigenvalue weighted by atomic mass is 10.2. The molecule has 56 valence electrons. The van der Waals surface area contributed by atoms with Gasteiger partial charge in [-0.1, -0.05) is 6.92 Å². The maximum absolute atomic E-state index is 6.69. The number of hydrogen-bond donors (Lipinski definition) is 1. The van der Waals surface area contributed by atoms with Crippen molar-refractivity contribution in [2.24, 2.45) is 0 Å². The van der Waals surface area contributed by atoms with Crippen LogP contribution in [0.2, 0.25) is 0 Å². The van der Waals surface area contributed by atoms with Crippen LogP contribution in [-0.2, 0) is 0 Å². The van der Waals surface area contributed by atoms with Gasteiger partial charge in [-0.3, -0.25) is 5.41 Å². The van der Waals surface area contributed by atoms with Crippen molar-refractivity contribution >= 4 is 5.87 Å². The lowest BCUT2D eigenvalue weighted by molar-refractivity contribution is 1.39. The third-order valence-electron chi connectivity index (χ3n) is 1.13. The van der Waals surface area contributed by atoms with Gasteiger partial charge in [0, 0.05) is 0 Å². The van der Waals surface area contributed by atoms with E-state index in [-0.39, 0.29) is 17.1 Å². The van der Waals surface area contributed by atoms with Crippen LogP contribution in [0.25, 0.3) is 14.5 Å². The quantitative estimate of drug-likeness (QED) is 0.343. The Morgan fingerprint density at radius 3 is 1.92 bits per heavy atom. The van der Waals surface area contributed by atoms with Crippen LogP contribution >= 0.6 is 0 Å². The minimum atomic E-state index is -0.180. The van der Waals surface area contributed by atoms with Crippen LogP contribution in [-0.4, -0.2) is 5.87 Å². The van der Waals surface area contributed by atoms with E-state index in [1.54, 1.807) is 0 Å². The van der Waals surface area contributed by atoms with Crippen LogP contribution in [0.5, 0.6) is 0 Å². The number of hydrogen-bond acceptors (Lipinski definition) is 1. The van der Waals surface area contributed by atoms with E-state index in [1.165, 1.54) is 6.92 Å². The predicted octanol–water partition coefficient (Wildman–Crippen LogP) is 2.11. The molecule has 1 N–H and O–H groups in total. The fourth-order valence-corrected chi connectivity index (χ4v) is 0.504. The molecule has 0 aromatic heterocycles. The minimum absolute atomic E-state index is 0.0861. The highest BCUT2D eigenvalue weighted by Gasteiger charge is 2.13. The lowest BCUT2D eigenvalue weighted by Gasteiger charge is -1.86. The van der Waals surface area contributed by atoms with Gasteiger partial charge in [-0.15, -0.1) is 0 Å². The molecule has 0 saturated carbocycles. The molecule has 0 bridgehead atoms. The average molecular weight is 156 g/mol. The summed E-state index contributed by atoms with van der Waals surface area (Å²) in [6, 6.07) is 0. The van der Waals surface area contributed by atoms with Crippen molar-refractivity contribution in [1.29, 1.82) is 5.41 Å². The Morgan fingerprint density at radius 1 is 1.17 bits per heavy atom. The van der Waals surface area contributed by atoms with E-state index in [9.17, 15) is 0 Å². The Bertz CT molecular complexity index is 372. The molecular weight excluding hydrogens is 152 g/mol. The zero-order valence-electron chi connectivity index (χ0n) is 6.34. The van der Waals surface area contributed by atoms with E-state index < -0.39 is 0 Å². The minimum Gasteiger partial charge on any atom is -0.271 e. The van der Waals surface area contributed by atoms with Gasteiger partial charge >= 0.3 is 5.82 Å². The van der Waals surface area contributed by atoms with Crippen LogP contribution in [0.3, 0.4) is 0 Å². The summed E-state index contributed by atoms with van der Waals surface area (Å²) in [5, 5.41) is 6.69. The van der Waals surface area contributed by atoms with Crippen LogP contribution in [0.15, 0.2) is 17.1 Å². The normalized spacial score (nSPS) is 6.50. The molecule has 0 spiro atoms. The Labute approximate surface area is 70.4 Å². The molecular formula is C8H4N4. The second kappa shape index (κ2) is 4.47. The number of allylic oxidation sites excluding steroid dienone is 1. The van der Waals surface area contributed by atoms with Gasteiger partial charge in [0.05, 0.1) is 12.1 Å². The van der Waals surface area contributed by atoms with Gasteiger partial charge in [-0.05, 0) is 5.87 Å². The molecule has 0 aromatic rings. The van der Waals surface area contributed by atoms with Gasteiger partial charge in [0.25, 0.3) is 0 Å². The van der Waals surface area contributed by atoms with E-state index in [0.29, 0.717) is 0 Å². The first-order valence-corrected chi connectivity index (χ1v) is 2.84. The van der Waals surface area contributed by atoms with Crippen molar-refractivity contribution in [1.82, 2.24) is 0 Å². The molecule has 0 aliphatic carbocycles. The Balaban J connectivity index is 5.40. The van der Waals surface area contributed by atoms with Gasteiger partial charge in [0.2, 0.25) is 5.70 Å². The van der Waals surface area contributed by atoms with Crippen molar-refractivity contribution in [2.75, 3.05) is 0 Å². The molecule has 0 amide bonds. The topological polar surface area (TPSA) is 36.9 Å². The van der Waals surface area contributed by atoms with Crippen LogP contribution in [0.4, 0.5) is 0 Å². The van der Waals surface area contributed by atoms with E-state index in [0.717, 1.165) is 0 Å². The molecule has 0 unspecified atom stereocenters. The summed E-state index contributed by atoms with van der Waals surface area (Å²) in [5.41, 5.74) is 0.127. The Kier molecular flexibility index (Phi) is 3.60. The highest BCUT2D eigenvalue weighted by Crippen LogP contribution is 2.15. The zero-order chi connectivity index (χ0) is 9.56. The van der Waals surface area contributed by atoms with Crippen molar-refractivity contribution in [3.05, 3.63) is 51.3 Å². The summed E-state index contributed by atoms with van der Waals surface area (Å²) in [7, 11) is 0. The summed E-state index contributed by atoms with van der Waals surface area (Å²) in [4.78, 5) is 8.77. The average Bonchev–Trinajstić information content (AvgIpc) is 2.09. The molecule has 0 aliphatic rings. The first kappa shape index (κ1) is 9.66. The summed E-state index contributed by atoms with van der Waals surface area (Å²) in [6.45, 7) is 21.2. The summed E-state index contributed by atoms with van der Waals surface area (Å²) in [5.74, 6) is 1.69. The molecule has 0 radical (unpaired) electrons. The SMILES string of the molecule is [C-]#[N+]C(=C=N)C(C)=C([N+]#[C-])[N+]#[C-]. The maximum Gasteiger partial charge on any atom is 0.512 e. The molecule has 0 atom stereocenters. The monoisotopic (exact) mass is 156 g/mol. The zero-order valence-corrected chi connectivity index (χ0v) is 6.34. The molecule has 0 aromatic carbocycles. The van der Waals surface area contributed by atoms with Crippen molar-refractivity contribution in [2.45, 2.75) is 6.92 Å². The van der Waals surface area contributed by atoms with Crippen LogP contribution < -0.4 is 0 Å². The summed E-state index contributed by atoms with van der Waals surface area (Å²) < 4.78 is 0. The first-order valence-electron chi connectivity index (χ1n) is 2.84.